The molecule has 0 saturated heterocycles. The second-order valence-electron chi connectivity index (χ2n) is 4.50. The van der Waals surface area contributed by atoms with Crippen molar-refractivity contribution in [1.82, 2.24) is 15.1 Å². The quantitative estimate of drug-likeness (QED) is 0.831. The largest absolute Gasteiger partial charge is 0.309 e. The van der Waals surface area contributed by atoms with Crippen LogP contribution in [-0.2, 0) is 13.5 Å². The fourth-order valence-electron chi connectivity index (χ4n) is 2.16. The van der Waals surface area contributed by atoms with Crippen molar-refractivity contribution in [2.45, 2.75) is 32.2 Å². The van der Waals surface area contributed by atoms with Crippen LogP contribution in [0.2, 0.25) is 0 Å². The maximum Gasteiger partial charge on any atom is 0.0793 e. The van der Waals surface area contributed by atoms with E-state index in [0.29, 0.717) is 6.04 Å². The molecule has 2 heterocycles. The molecule has 3 nitrogen and oxygen atoms in total. The van der Waals surface area contributed by atoms with Gasteiger partial charge in [0.05, 0.1) is 11.7 Å². The van der Waals surface area contributed by atoms with Gasteiger partial charge in [-0.25, -0.2) is 0 Å². The van der Waals surface area contributed by atoms with E-state index in [9.17, 15) is 0 Å². The summed E-state index contributed by atoms with van der Waals surface area (Å²) < 4.78 is 1.87. The van der Waals surface area contributed by atoms with Gasteiger partial charge in [0.25, 0.3) is 0 Å². The number of aryl methyl sites for hydroxylation is 2. The van der Waals surface area contributed by atoms with Crippen LogP contribution in [0.5, 0.6) is 0 Å². The molecule has 1 N–H and O–H groups in total. The number of rotatable bonds is 7. The third-order valence-electron chi connectivity index (χ3n) is 3.04. The van der Waals surface area contributed by atoms with Crippen LogP contribution < -0.4 is 5.32 Å². The fraction of sp³-hybridized carbons (Fsp3) is 0.500. The summed E-state index contributed by atoms with van der Waals surface area (Å²) in [5.74, 6) is 0. The number of hydrogen-bond acceptors (Lipinski definition) is 3. The summed E-state index contributed by atoms with van der Waals surface area (Å²) in [5.41, 5.74) is 1.16. The van der Waals surface area contributed by atoms with Gasteiger partial charge in [0, 0.05) is 18.1 Å². The Hall–Kier alpha value is -1.13. The molecule has 0 aliphatic heterocycles. The summed E-state index contributed by atoms with van der Waals surface area (Å²) in [7, 11) is 1.97. The van der Waals surface area contributed by atoms with Crippen molar-refractivity contribution >= 4 is 11.3 Å². The molecule has 0 bridgehead atoms. The van der Waals surface area contributed by atoms with Crippen LogP contribution in [-0.4, -0.2) is 16.3 Å². The van der Waals surface area contributed by atoms with Crippen LogP contribution >= 0.6 is 11.3 Å². The van der Waals surface area contributed by atoms with Gasteiger partial charge >= 0.3 is 0 Å². The standard InChI is InChI=1S/C14H21N3S/c1-3-15-13(14-9-10-17(2)16-14)8-4-6-12-7-5-11-18-12/h5,7,9-11,13,15H,3-4,6,8H2,1-2H3. The smallest absolute Gasteiger partial charge is 0.0793 e. The van der Waals surface area contributed by atoms with E-state index in [1.807, 2.05) is 29.3 Å². The highest BCUT2D eigenvalue weighted by molar-refractivity contribution is 7.09. The molecule has 0 aromatic carbocycles. The van der Waals surface area contributed by atoms with Gasteiger partial charge in [-0.05, 0) is 43.3 Å². The van der Waals surface area contributed by atoms with Crippen LogP contribution in [0.15, 0.2) is 29.8 Å². The second kappa shape index (κ2) is 6.71. The third kappa shape index (κ3) is 3.68. The molecule has 2 rings (SSSR count). The Bertz CT molecular complexity index is 447. The average Bonchev–Trinajstić information content (AvgIpc) is 2.99. The molecule has 4 heteroatoms. The minimum Gasteiger partial charge on any atom is -0.309 e. The maximum atomic E-state index is 4.50. The van der Waals surface area contributed by atoms with Crippen molar-refractivity contribution in [3.63, 3.8) is 0 Å². The van der Waals surface area contributed by atoms with Crippen LogP contribution in [0.25, 0.3) is 0 Å². The van der Waals surface area contributed by atoms with Crippen LogP contribution in [0.1, 0.15) is 36.4 Å². The number of aromatic nitrogens is 2. The lowest BCUT2D eigenvalue weighted by atomic mass is 10.1. The number of nitrogens with one attached hydrogen (secondary N) is 1. The first kappa shape index (κ1) is 13.3. The molecule has 1 atom stereocenters. The summed E-state index contributed by atoms with van der Waals surface area (Å²) in [6.07, 6.45) is 5.53. The molecule has 0 aliphatic rings. The van der Waals surface area contributed by atoms with Gasteiger partial charge in [0.15, 0.2) is 0 Å². The van der Waals surface area contributed by atoms with E-state index in [4.69, 9.17) is 0 Å². The Morgan fingerprint density at radius 2 is 2.33 bits per heavy atom. The normalized spacial score (nSPS) is 12.8. The molecule has 2 aromatic heterocycles. The number of nitrogens with zero attached hydrogens (tertiary/aromatic N) is 2. The molecule has 18 heavy (non-hydrogen) atoms. The van der Waals surface area contributed by atoms with Gasteiger partial charge in [-0.15, -0.1) is 11.3 Å². The third-order valence-corrected chi connectivity index (χ3v) is 3.97. The van der Waals surface area contributed by atoms with Gasteiger partial charge in [0.2, 0.25) is 0 Å². The lowest BCUT2D eigenvalue weighted by Gasteiger charge is -2.15. The zero-order valence-corrected chi connectivity index (χ0v) is 11.9. The predicted octanol–water partition coefficient (Wildman–Crippen LogP) is 3.16. The van der Waals surface area contributed by atoms with Gasteiger partial charge in [-0.1, -0.05) is 13.0 Å². The summed E-state index contributed by atoms with van der Waals surface area (Å²) in [4.78, 5) is 1.48. The lowest BCUT2D eigenvalue weighted by Crippen LogP contribution is -2.21. The molecule has 0 fully saturated rings. The first-order chi connectivity index (χ1) is 8.79. The van der Waals surface area contributed by atoms with Gasteiger partial charge in [0.1, 0.15) is 0 Å². The molecule has 2 aromatic rings. The predicted molar refractivity (Wildman–Crippen MR) is 76.9 cm³/mol. The minimum absolute atomic E-state index is 0.385. The average molecular weight is 263 g/mol. The first-order valence-electron chi connectivity index (χ1n) is 6.55. The van der Waals surface area contributed by atoms with Gasteiger partial charge in [-0.2, -0.15) is 5.10 Å². The van der Waals surface area contributed by atoms with E-state index in [1.165, 1.54) is 17.7 Å². The number of thiophene rings is 1. The number of hydrogen-bond donors (Lipinski definition) is 1. The highest BCUT2D eigenvalue weighted by atomic mass is 32.1. The van der Waals surface area contributed by atoms with Crippen molar-refractivity contribution in [2.75, 3.05) is 6.54 Å². The zero-order chi connectivity index (χ0) is 12.8. The van der Waals surface area contributed by atoms with E-state index in [1.54, 1.807) is 0 Å². The zero-order valence-electron chi connectivity index (χ0n) is 11.1. The molecule has 0 radical (unpaired) electrons. The Kier molecular flexibility index (Phi) is 4.96. The Morgan fingerprint density at radius 1 is 1.44 bits per heavy atom. The van der Waals surface area contributed by atoms with Crippen LogP contribution in [0.3, 0.4) is 0 Å². The minimum atomic E-state index is 0.385. The van der Waals surface area contributed by atoms with Crippen LogP contribution in [0, 0.1) is 0 Å². The molecule has 98 valence electrons. The molecule has 0 spiro atoms. The Morgan fingerprint density at radius 3 is 2.94 bits per heavy atom. The van der Waals surface area contributed by atoms with E-state index < -0.39 is 0 Å². The summed E-state index contributed by atoms with van der Waals surface area (Å²) in [6, 6.07) is 6.84. The Labute approximate surface area is 113 Å². The van der Waals surface area contributed by atoms with Crippen molar-refractivity contribution in [3.05, 3.63) is 40.3 Å². The summed E-state index contributed by atoms with van der Waals surface area (Å²) >= 11 is 1.85. The van der Waals surface area contributed by atoms with Crippen molar-refractivity contribution in [2.24, 2.45) is 7.05 Å². The summed E-state index contributed by atoms with van der Waals surface area (Å²) in [6.45, 7) is 3.13. The molecule has 1 unspecified atom stereocenters. The monoisotopic (exact) mass is 263 g/mol. The van der Waals surface area contributed by atoms with Crippen molar-refractivity contribution < 1.29 is 0 Å². The van der Waals surface area contributed by atoms with Gasteiger partial charge in [-0.3, -0.25) is 4.68 Å². The molecular weight excluding hydrogens is 242 g/mol. The maximum absolute atomic E-state index is 4.50. The van der Waals surface area contributed by atoms with Crippen molar-refractivity contribution in [3.8, 4) is 0 Å². The summed E-state index contributed by atoms with van der Waals surface area (Å²) in [5, 5.41) is 10.2. The lowest BCUT2D eigenvalue weighted by molar-refractivity contribution is 0.482. The van der Waals surface area contributed by atoms with E-state index in [2.05, 4.69) is 40.9 Å². The van der Waals surface area contributed by atoms with E-state index in [-0.39, 0.29) is 0 Å². The van der Waals surface area contributed by atoms with Crippen molar-refractivity contribution in [1.29, 1.82) is 0 Å². The molecular formula is C14H21N3S. The molecule has 0 aliphatic carbocycles. The molecule has 0 amide bonds. The SMILES string of the molecule is CCNC(CCCc1cccs1)c1ccn(C)n1. The first-order valence-corrected chi connectivity index (χ1v) is 7.43. The fourth-order valence-corrected chi connectivity index (χ4v) is 2.91. The highest BCUT2D eigenvalue weighted by Gasteiger charge is 2.12. The molecule has 0 saturated carbocycles. The topological polar surface area (TPSA) is 29.9 Å². The second-order valence-corrected chi connectivity index (χ2v) is 5.53. The Balaban J connectivity index is 1.86. The van der Waals surface area contributed by atoms with Gasteiger partial charge < -0.3 is 5.32 Å². The highest BCUT2D eigenvalue weighted by Crippen LogP contribution is 2.19. The van der Waals surface area contributed by atoms with Crippen LogP contribution in [0.4, 0.5) is 0 Å². The van der Waals surface area contributed by atoms with E-state index in [0.717, 1.165) is 18.7 Å². The van der Waals surface area contributed by atoms with E-state index >= 15 is 0 Å².